The van der Waals surface area contributed by atoms with Crippen molar-refractivity contribution in [3.63, 3.8) is 0 Å². The Labute approximate surface area is 171 Å². The molecule has 1 amide bonds. The van der Waals surface area contributed by atoms with Crippen LogP contribution in [0, 0.1) is 10.1 Å². The Morgan fingerprint density at radius 1 is 1.07 bits per heavy atom. The number of rotatable bonds is 7. The van der Waals surface area contributed by atoms with Gasteiger partial charge in [-0.05, 0) is 47.5 Å². The van der Waals surface area contributed by atoms with Crippen LogP contribution in [0.5, 0.6) is 5.75 Å². The summed E-state index contributed by atoms with van der Waals surface area (Å²) in [5.41, 5.74) is 4.28. The first-order chi connectivity index (χ1) is 14.0. The van der Waals surface area contributed by atoms with Crippen molar-refractivity contribution in [2.24, 2.45) is 5.10 Å². The fourth-order valence-electron chi connectivity index (χ4n) is 2.43. The summed E-state index contributed by atoms with van der Waals surface area (Å²) in [5.74, 6) is -0.0136. The highest BCUT2D eigenvalue weighted by Gasteiger charge is 2.11. The number of amides is 1. The molecule has 0 fully saturated rings. The lowest BCUT2D eigenvalue weighted by Gasteiger charge is -2.10. The largest absolute Gasteiger partial charge is 0.488 e. The molecule has 0 spiro atoms. The molecule has 0 bridgehead atoms. The number of carbonyl (C=O) groups is 1. The molecule has 3 aromatic rings. The second-order valence-corrected chi connectivity index (χ2v) is 6.40. The lowest BCUT2D eigenvalue weighted by atomic mass is 10.2. The van der Waals surface area contributed by atoms with Crippen molar-refractivity contribution in [1.82, 2.24) is 5.43 Å². The minimum absolute atomic E-state index is 0.0158. The minimum Gasteiger partial charge on any atom is -0.488 e. The number of ether oxygens (including phenoxy) is 1. The molecule has 1 N–H and O–H groups in total. The van der Waals surface area contributed by atoms with Gasteiger partial charge in [0.2, 0.25) is 0 Å². The summed E-state index contributed by atoms with van der Waals surface area (Å²) >= 11 is 5.87. The fraction of sp³-hybridized carbons (Fsp3) is 0.0476. The number of nitro groups is 1. The van der Waals surface area contributed by atoms with E-state index >= 15 is 0 Å². The van der Waals surface area contributed by atoms with Gasteiger partial charge in [0.1, 0.15) is 12.4 Å². The highest BCUT2D eigenvalue weighted by molar-refractivity contribution is 6.30. The van der Waals surface area contributed by atoms with Gasteiger partial charge in [-0.25, -0.2) is 5.43 Å². The number of nitro benzene ring substituents is 1. The molecule has 3 rings (SSSR count). The van der Waals surface area contributed by atoms with Gasteiger partial charge in [-0.2, -0.15) is 5.10 Å². The van der Waals surface area contributed by atoms with E-state index in [0.717, 1.165) is 5.56 Å². The van der Waals surface area contributed by atoms with Crippen LogP contribution in [0.2, 0.25) is 5.02 Å². The molecule has 0 saturated heterocycles. The molecular formula is C21H16ClN3O4. The number of nitrogens with one attached hydrogen (secondary N) is 1. The average Bonchev–Trinajstić information content (AvgIpc) is 2.74. The monoisotopic (exact) mass is 409 g/mol. The van der Waals surface area contributed by atoms with Crippen molar-refractivity contribution >= 4 is 29.4 Å². The molecule has 146 valence electrons. The summed E-state index contributed by atoms with van der Waals surface area (Å²) in [4.78, 5) is 22.6. The highest BCUT2D eigenvalue weighted by Crippen LogP contribution is 2.20. The van der Waals surface area contributed by atoms with Crippen LogP contribution in [0.4, 0.5) is 5.69 Å². The van der Waals surface area contributed by atoms with E-state index < -0.39 is 10.8 Å². The van der Waals surface area contributed by atoms with Crippen molar-refractivity contribution in [1.29, 1.82) is 0 Å². The molecule has 7 nitrogen and oxygen atoms in total. The van der Waals surface area contributed by atoms with E-state index in [1.807, 2.05) is 12.1 Å². The third-order valence-electron chi connectivity index (χ3n) is 3.92. The zero-order valence-electron chi connectivity index (χ0n) is 15.1. The molecule has 0 saturated carbocycles. The minimum atomic E-state index is -0.482. The predicted molar refractivity (Wildman–Crippen MR) is 110 cm³/mol. The van der Waals surface area contributed by atoms with Gasteiger partial charge in [-0.3, -0.25) is 14.9 Å². The van der Waals surface area contributed by atoms with E-state index in [4.69, 9.17) is 16.3 Å². The van der Waals surface area contributed by atoms with Gasteiger partial charge >= 0.3 is 0 Å². The Kier molecular flexibility index (Phi) is 6.55. The van der Waals surface area contributed by atoms with Crippen LogP contribution in [0.25, 0.3) is 0 Å². The number of hydrogen-bond donors (Lipinski definition) is 1. The van der Waals surface area contributed by atoms with Crippen LogP contribution in [0.15, 0.2) is 77.9 Å². The highest BCUT2D eigenvalue weighted by atomic mass is 35.5. The van der Waals surface area contributed by atoms with Crippen LogP contribution in [-0.2, 0) is 6.61 Å². The lowest BCUT2D eigenvalue weighted by molar-refractivity contribution is -0.384. The molecule has 0 heterocycles. The van der Waals surface area contributed by atoms with Gasteiger partial charge in [-0.15, -0.1) is 0 Å². The van der Waals surface area contributed by atoms with E-state index in [2.05, 4.69) is 10.5 Å². The van der Waals surface area contributed by atoms with Crippen LogP contribution in [-0.4, -0.2) is 17.0 Å². The van der Waals surface area contributed by atoms with Gasteiger partial charge in [0.05, 0.1) is 16.7 Å². The number of halogens is 1. The maximum atomic E-state index is 12.4. The van der Waals surface area contributed by atoms with Gasteiger partial charge in [0, 0.05) is 17.2 Å². The quantitative estimate of drug-likeness (QED) is 0.351. The number of hydrazone groups is 1. The number of hydrogen-bond acceptors (Lipinski definition) is 5. The Hall–Kier alpha value is -3.71. The van der Waals surface area contributed by atoms with E-state index in [9.17, 15) is 14.9 Å². The zero-order valence-corrected chi connectivity index (χ0v) is 15.9. The summed E-state index contributed by atoms with van der Waals surface area (Å²) in [6.45, 7) is 0.285. The van der Waals surface area contributed by atoms with Crippen LogP contribution in [0.1, 0.15) is 21.5 Å². The molecule has 0 aliphatic rings. The van der Waals surface area contributed by atoms with E-state index in [0.29, 0.717) is 21.9 Å². The van der Waals surface area contributed by atoms with Gasteiger partial charge in [-0.1, -0.05) is 35.9 Å². The Balaban J connectivity index is 1.63. The zero-order chi connectivity index (χ0) is 20.6. The van der Waals surface area contributed by atoms with E-state index in [1.165, 1.54) is 30.5 Å². The first-order valence-electron chi connectivity index (χ1n) is 8.57. The normalized spacial score (nSPS) is 10.7. The molecule has 0 atom stereocenters. The van der Waals surface area contributed by atoms with Crippen molar-refractivity contribution in [3.05, 3.63) is 105 Å². The summed E-state index contributed by atoms with van der Waals surface area (Å²) in [6, 6.07) is 19.9. The second kappa shape index (κ2) is 9.48. The van der Waals surface area contributed by atoms with Crippen molar-refractivity contribution in [3.8, 4) is 5.75 Å². The molecule has 0 aromatic heterocycles. The number of para-hydroxylation sites is 1. The fourth-order valence-corrected chi connectivity index (χ4v) is 2.56. The predicted octanol–water partition coefficient (Wildman–Crippen LogP) is 4.59. The molecule has 0 unspecified atom stereocenters. The standard InChI is InChI=1S/C21H16ClN3O4/c22-17-9-5-16(6-10-17)14-29-20-4-2-1-3-19(20)21(26)24-23-13-15-7-11-18(12-8-15)25(27)28/h1-13H,14H2,(H,24,26). The molecule has 0 aliphatic heterocycles. The second-order valence-electron chi connectivity index (χ2n) is 5.96. The molecular weight excluding hydrogens is 394 g/mol. The third-order valence-corrected chi connectivity index (χ3v) is 4.17. The van der Waals surface area contributed by atoms with E-state index in [-0.39, 0.29) is 12.3 Å². The smallest absolute Gasteiger partial charge is 0.275 e. The van der Waals surface area contributed by atoms with Crippen molar-refractivity contribution in [2.45, 2.75) is 6.61 Å². The topological polar surface area (TPSA) is 93.8 Å². The molecule has 0 aliphatic carbocycles. The Bertz CT molecular complexity index is 1030. The van der Waals surface area contributed by atoms with Crippen molar-refractivity contribution in [2.75, 3.05) is 0 Å². The molecule has 3 aromatic carbocycles. The van der Waals surface area contributed by atoms with Crippen LogP contribution >= 0.6 is 11.6 Å². The average molecular weight is 410 g/mol. The van der Waals surface area contributed by atoms with Gasteiger partial charge in [0.25, 0.3) is 11.6 Å². The van der Waals surface area contributed by atoms with Crippen LogP contribution < -0.4 is 10.2 Å². The maximum absolute atomic E-state index is 12.4. The van der Waals surface area contributed by atoms with Gasteiger partial charge < -0.3 is 4.74 Å². The van der Waals surface area contributed by atoms with Crippen molar-refractivity contribution < 1.29 is 14.5 Å². The SMILES string of the molecule is O=C(NN=Cc1ccc([N+](=O)[O-])cc1)c1ccccc1OCc1ccc(Cl)cc1. The maximum Gasteiger partial charge on any atom is 0.275 e. The Morgan fingerprint density at radius 2 is 1.76 bits per heavy atom. The summed E-state index contributed by atoms with van der Waals surface area (Å²) in [5, 5.41) is 15.2. The number of nitrogens with zero attached hydrogens (tertiary/aromatic N) is 2. The molecule has 8 heteroatoms. The summed E-state index contributed by atoms with van der Waals surface area (Å²) in [7, 11) is 0. The first-order valence-corrected chi connectivity index (χ1v) is 8.95. The first kappa shape index (κ1) is 20.0. The molecule has 0 radical (unpaired) electrons. The van der Waals surface area contributed by atoms with Crippen LogP contribution in [0.3, 0.4) is 0 Å². The number of benzene rings is 3. The third kappa shape index (κ3) is 5.63. The van der Waals surface area contributed by atoms with E-state index in [1.54, 1.807) is 36.4 Å². The molecule has 29 heavy (non-hydrogen) atoms. The van der Waals surface area contributed by atoms with Gasteiger partial charge in [0.15, 0.2) is 0 Å². The Morgan fingerprint density at radius 3 is 2.45 bits per heavy atom. The number of non-ortho nitro benzene ring substituents is 1. The number of carbonyl (C=O) groups excluding carboxylic acids is 1. The lowest BCUT2D eigenvalue weighted by Crippen LogP contribution is -2.18. The summed E-state index contributed by atoms with van der Waals surface area (Å²) < 4.78 is 5.76. The summed E-state index contributed by atoms with van der Waals surface area (Å²) in [6.07, 6.45) is 1.40.